The van der Waals surface area contributed by atoms with Crippen molar-refractivity contribution in [1.29, 1.82) is 0 Å². The zero-order chi connectivity index (χ0) is 13.8. The van der Waals surface area contributed by atoms with Crippen LogP contribution >= 0.6 is 0 Å². The molecule has 1 aromatic rings. The number of halogens is 1. The van der Waals surface area contributed by atoms with Crippen molar-refractivity contribution in [3.8, 4) is 0 Å². The molecule has 1 aromatic carbocycles. The predicted molar refractivity (Wildman–Crippen MR) is 66.9 cm³/mol. The lowest BCUT2D eigenvalue weighted by Crippen LogP contribution is -2.35. The van der Waals surface area contributed by atoms with E-state index >= 15 is 0 Å². The molecule has 0 aliphatic carbocycles. The molecule has 4 N–H and O–H groups in total. The zero-order valence-corrected chi connectivity index (χ0v) is 10.9. The van der Waals surface area contributed by atoms with Gasteiger partial charge in [0.25, 0.3) is 0 Å². The predicted octanol–water partition coefficient (Wildman–Crippen LogP) is 0.847. The number of hydrogen-bond acceptors (Lipinski definition) is 4. The fourth-order valence-corrected chi connectivity index (χ4v) is 2.95. The number of aliphatic hydroxyl groups excluding tert-OH is 1. The Balaban J connectivity index is 2.98. The first-order valence-corrected chi connectivity index (χ1v) is 7.06. The molecule has 7 heteroatoms. The van der Waals surface area contributed by atoms with Crippen molar-refractivity contribution in [2.24, 2.45) is 0 Å². The van der Waals surface area contributed by atoms with Crippen LogP contribution in [0.1, 0.15) is 19.8 Å². The van der Waals surface area contributed by atoms with Crippen LogP contribution in [0.4, 0.5) is 10.1 Å². The summed E-state index contributed by atoms with van der Waals surface area (Å²) in [4.78, 5) is -0.212. The Kier molecular flexibility index (Phi) is 5.06. The van der Waals surface area contributed by atoms with Crippen molar-refractivity contribution in [3.05, 3.63) is 24.0 Å². The lowest BCUT2D eigenvalue weighted by Gasteiger charge is -2.16. The summed E-state index contributed by atoms with van der Waals surface area (Å²) >= 11 is 0. The van der Waals surface area contributed by atoms with E-state index in [2.05, 4.69) is 4.72 Å². The summed E-state index contributed by atoms with van der Waals surface area (Å²) < 4.78 is 39.4. The highest BCUT2D eigenvalue weighted by atomic mass is 32.2. The van der Waals surface area contributed by atoms with Gasteiger partial charge in [-0.1, -0.05) is 6.92 Å². The summed E-state index contributed by atoms with van der Waals surface area (Å²) in [5, 5.41) is 8.81. The number of nitrogens with one attached hydrogen (secondary N) is 1. The van der Waals surface area contributed by atoms with E-state index < -0.39 is 15.8 Å². The highest BCUT2D eigenvalue weighted by molar-refractivity contribution is 7.89. The molecule has 1 unspecified atom stereocenters. The van der Waals surface area contributed by atoms with E-state index in [0.29, 0.717) is 12.8 Å². The Hall–Kier alpha value is -1.18. The Morgan fingerprint density at radius 2 is 2.11 bits per heavy atom. The molecule has 0 radical (unpaired) electrons. The summed E-state index contributed by atoms with van der Waals surface area (Å²) in [6, 6.07) is 2.76. The molecule has 0 heterocycles. The van der Waals surface area contributed by atoms with Crippen LogP contribution in [0.15, 0.2) is 23.1 Å². The molecular formula is C11H17FN2O3S. The van der Waals surface area contributed by atoms with Crippen molar-refractivity contribution >= 4 is 15.7 Å². The van der Waals surface area contributed by atoms with E-state index in [1.165, 1.54) is 6.07 Å². The van der Waals surface area contributed by atoms with Gasteiger partial charge in [0.15, 0.2) is 0 Å². The Labute approximate surface area is 106 Å². The van der Waals surface area contributed by atoms with Crippen LogP contribution in [0.25, 0.3) is 0 Å². The van der Waals surface area contributed by atoms with Gasteiger partial charge >= 0.3 is 0 Å². The van der Waals surface area contributed by atoms with Crippen molar-refractivity contribution in [1.82, 2.24) is 4.72 Å². The highest BCUT2D eigenvalue weighted by Crippen LogP contribution is 2.16. The molecule has 18 heavy (non-hydrogen) atoms. The van der Waals surface area contributed by atoms with Crippen LogP contribution in [0, 0.1) is 5.82 Å². The van der Waals surface area contributed by atoms with E-state index in [1.807, 2.05) is 0 Å². The minimum absolute atomic E-state index is 0.0468. The van der Waals surface area contributed by atoms with E-state index in [4.69, 9.17) is 10.8 Å². The first-order chi connectivity index (χ1) is 8.39. The molecule has 0 bridgehead atoms. The van der Waals surface area contributed by atoms with Crippen LogP contribution < -0.4 is 10.5 Å². The van der Waals surface area contributed by atoms with Gasteiger partial charge in [-0.15, -0.1) is 0 Å². The van der Waals surface area contributed by atoms with Crippen molar-refractivity contribution in [2.75, 3.05) is 12.3 Å². The third-order valence-corrected chi connectivity index (χ3v) is 4.00. The van der Waals surface area contributed by atoms with E-state index in [0.717, 1.165) is 12.1 Å². The molecular weight excluding hydrogens is 259 g/mol. The molecule has 5 nitrogen and oxygen atoms in total. The molecule has 0 saturated carbocycles. The SMILES string of the molecule is CCC(CCO)NS(=O)(=O)c1cc(N)cc(F)c1. The van der Waals surface area contributed by atoms with Gasteiger partial charge in [0.1, 0.15) is 5.82 Å². The molecule has 102 valence electrons. The Morgan fingerprint density at radius 3 is 2.61 bits per heavy atom. The molecule has 0 amide bonds. The summed E-state index contributed by atoms with van der Waals surface area (Å²) in [5.74, 6) is -0.703. The quantitative estimate of drug-likeness (QED) is 0.671. The minimum atomic E-state index is -3.82. The fourth-order valence-electron chi connectivity index (χ4n) is 1.53. The summed E-state index contributed by atoms with van der Waals surface area (Å²) in [6.07, 6.45) is 0.838. The number of nitrogens with two attached hydrogens (primary N) is 1. The number of anilines is 1. The van der Waals surface area contributed by atoms with E-state index in [9.17, 15) is 12.8 Å². The molecule has 0 saturated heterocycles. The number of sulfonamides is 1. The smallest absolute Gasteiger partial charge is 0.240 e. The third-order valence-electron chi connectivity index (χ3n) is 2.50. The standard InChI is InChI=1S/C11H17FN2O3S/c1-2-10(3-4-15)14-18(16,17)11-6-8(12)5-9(13)7-11/h5-7,10,14-15H,2-4,13H2,1H3. The second kappa shape index (κ2) is 6.12. The average molecular weight is 276 g/mol. The van der Waals surface area contributed by atoms with Gasteiger partial charge < -0.3 is 10.8 Å². The second-order valence-electron chi connectivity index (χ2n) is 3.96. The molecule has 0 spiro atoms. The van der Waals surface area contributed by atoms with Crippen LogP contribution in [-0.4, -0.2) is 26.2 Å². The van der Waals surface area contributed by atoms with E-state index in [-0.39, 0.29) is 23.2 Å². The Bertz CT molecular complexity index is 485. The lowest BCUT2D eigenvalue weighted by atomic mass is 10.2. The van der Waals surface area contributed by atoms with Crippen LogP contribution in [0.3, 0.4) is 0 Å². The maximum atomic E-state index is 13.1. The van der Waals surface area contributed by atoms with Gasteiger partial charge in [-0.05, 0) is 31.0 Å². The topological polar surface area (TPSA) is 92.4 Å². The highest BCUT2D eigenvalue weighted by Gasteiger charge is 2.19. The molecule has 0 aromatic heterocycles. The molecule has 0 aliphatic heterocycles. The van der Waals surface area contributed by atoms with Crippen molar-refractivity contribution in [2.45, 2.75) is 30.7 Å². The molecule has 0 fully saturated rings. The maximum Gasteiger partial charge on any atom is 0.240 e. The zero-order valence-electron chi connectivity index (χ0n) is 10.1. The first kappa shape index (κ1) is 14.9. The molecule has 1 rings (SSSR count). The van der Waals surface area contributed by atoms with Crippen LogP contribution in [-0.2, 0) is 10.0 Å². The number of rotatable bonds is 6. The van der Waals surface area contributed by atoms with Crippen molar-refractivity contribution in [3.63, 3.8) is 0 Å². The van der Waals surface area contributed by atoms with Gasteiger partial charge in [-0.3, -0.25) is 0 Å². The average Bonchev–Trinajstić information content (AvgIpc) is 2.27. The number of aliphatic hydroxyl groups is 1. The monoisotopic (exact) mass is 276 g/mol. The molecule has 1 atom stereocenters. The maximum absolute atomic E-state index is 13.1. The van der Waals surface area contributed by atoms with Crippen LogP contribution in [0.2, 0.25) is 0 Å². The Morgan fingerprint density at radius 1 is 1.44 bits per heavy atom. The van der Waals surface area contributed by atoms with Gasteiger partial charge in [-0.2, -0.15) is 0 Å². The first-order valence-electron chi connectivity index (χ1n) is 5.58. The second-order valence-corrected chi connectivity index (χ2v) is 5.67. The number of nitrogen functional groups attached to an aromatic ring is 1. The summed E-state index contributed by atoms with van der Waals surface area (Å²) in [5.41, 5.74) is 5.45. The van der Waals surface area contributed by atoms with Crippen molar-refractivity contribution < 1.29 is 17.9 Å². The van der Waals surface area contributed by atoms with Gasteiger partial charge in [0.05, 0.1) is 4.90 Å². The minimum Gasteiger partial charge on any atom is -0.399 e. The fraction of sp³-hybridized carbons (Fsp3) is 0.455. The normalized spacial score (nSPS) is 13.5. The van der Waals surface area contributed by atoms with Crippen LogP contribution in [0.5, 0.6) is 0 Å². The lowest BCUT2D eigenvalue weighted by molar-refractivity contribution is 0.270. The largest absolute Gasteiger partial charge is 0.399 e. The van der Waals surface area contributed by atoms with Gasteiger partial charge in [0, 0.05) is 18.3 Å². The van der Waals surface area contributed by atoms with E-state index in [1.54, 1.807) is 6.92 Å². The number of benzene rings is 1. The summed E-state index contributed by atoms with van der Waals surface area (Å²) in [6.45, 7) is 1.68. The number of hydrogen-bond donors (Lipinski definition) is 3. The third kappa shape index (κ3) is 3.94. The van der Waals surface area contributed by atoms with Gasteiger partial charge in [-0.25, -0.2) is 17.5 Å². The molecule has 0 aliphatic rings. The van der Waals surface area contributed by atoms with Gasteiger partial charge in [0.2, 0.25) is 10.0 Å². The summed E-state index contributed by atoms with van der Waals surface area (Å²) in [7, 11) is -3.82.